The number of nitrogens with zero attached hydrogens (tertiary/aromatic N) is 1. The minimum absolute atomic E-state index is 0.0881. The van der Waals surface area contributed by atoms with Gasteiger partial charge in [-0.1, -0.05) is 18.2 Å². The molecule has 2 aromatic rings. The lowest BCUT2D eigenvalue weighted by molar-refractivity contribution is -0.131. The van der Waals surface area contributed by atoms with Crippen LogP contribution in [0.3, 0.4) is 0 Å². The zero-order chi connectivity index (χ0) is 17.3. The Labute approximate surface area is 138 Å². The molecule has 0 aromatic heterocycles. The number of aryl methyl sites for hydroxylation is 1. The van der Waals surface area contributed by atoms with E-state index >= 15 is 0 Å². The van der Waals surface area contributed by atoms with E-state index in [1.807, 2.05) is 0 Å². The van der Waals surface area contributed by atoms with Crippen LogP contribution in [0.2, 0.25) is 0 Å². The molecule has 1 aliphatic rings. The first-order valence-corrected chi connectivity index (χ1v) is 7.44. The van der Waals surface area contributed by atoms with Crippen LogP contribution >= 0.6 is 0 Å². The number of carbonyl (C=O) groups excluding carboxylic acids is 3. The Morgan fingerprint density at radius 3 is 2.71 bits per heavy atom. The first kappa shape index (κ1) is 15.9. The summed E-state index contributed by atoms with van der Waals surface area (Å²) in [5.41, 5.74) is 2.10. The molecule has 3 rings (SSSR count). The summed E-state index contributed by atoms with van der Waals surface area (Å²) < 4.78 is 13.1. The molecule has 1 N–H and O–H groups in total. The van der Waals surface area contributed by atoms with Gasteiger partial charge in [0.15, 0.2) is 0 Å². The van der Waals surface area contributed by atoms with Crippen molar-refractivity contribution in [1.29, 1.82) is 0 Å². The highest BCUT2D eigenvalue weighted by Crippen LogP contribution is 2.20. The second kappa shape index (κ2) is 6.23. The van der Waals surface area contributed by atoms with Crippen molar-refractivity contribution in [2.45, 2.75) is 13.3 Å². The van der Waals surface area contributed by atoms with Crippen LogP contribution in [0.25, 0.3) is 0 Å². The summed E-state index contributed by atoms with van der Waals surface area (Å²) in [4.78, 5) is 37.7. The molecule has 0 radical (unpaired) electrons. The molecule has 0 saturated heterocycles. The molecule has 3 amide bonds. The third-order valence-corrected chi connectivity index (χ3v) is 3.90. The summed E-state index contributed by atoms with van der Waals surface area (Å²) in [5, 5.41) is 2.60. The van der Waals surface area contributed by atoms with Crippen LogP contribution in [-0.2, 0) is 16.0 Å². The van der Waals surface area contributed by atoms with E-state index in [0.29, 0.717) is 22.4 Å². The monoisotopic (exact) mass is 326 g/mol. The minimum atomic E-state index is -0.509. The second-order valence-electron chi connectivity index (χ2n) is 5.63. The Bertz CT molecular complexity index is 848. The van der Waals surface area contributed by atoms with Gasteiger partial charge in [0.2, 0.25) is 11.8 Å². The normalized spacial score (nSPS) is 13.7. The number of fused-ring (bicyclic) bond motifs is 1. The Morgan fingerprint density at radius 2 is 1.96 bits per heavy atom. The van der Waals surface area contributed by atoms with Gasteiger partial charge in [-0.05, 0) is 42.3 Å². The zero-order valence-electron chi connectivity index (χ0n) is 13.0. The number of halogens is 1. The van der Waals surface area contributed by atoms with Gasteiger partial charge in [0.05, 0.1) is 6.42 Å². The fourth-order valence-corrected chi connectivity index (χ4v) is 2.66. The van der Waals surface area contributed by atoms with Gasteiger partial charge in [0, 0.05) is 11.3 Å². The summed E-state index contributed by atoms with van der Waals surface area (Å²) in [6.07, 6.45) is 0.0881. The van der Waals surface area contributed by atoms with E-state index in [1.165, 1.54) is 18.2 Å². The van der Waals surface area contributed by atoms with Crippen molar-refractivity contribution >= 4 is 23.4 Å². The number of amides is 3. The first-order chi connectivity index (χ1) is 11.5. The number of hydrogen-bond donors (Lipinski definition) is 1. The lowest BCUT2D eigenvalue weighted by Gasteiger charge is -2.26. The molecule has 0 fully saturated rings. The van der Waals surface area contributed by atoms with E-state index in [1.54, 1.807) is 31.2 Å². The fraction of sp³-hybridized carbons (Fsp3) is 0.167. The van der Waals surface area contributed by atoms with Crippen LogP contribution in [0.4, 0.5) is 10.1 Å². The average molecular weight is 326 g/mol. The zero-order valence-corrected chi connectivity index (χ0v) is 13.0. The van der Waals surface area contributed by atoms with Gasteiger partial charge in [-0.3, -0.25) is 19.3 Å². The highest BCUT2D eigenvalue weighted by atomic mass is 19.1. The highest BCUT2D eigenvalue weighted by Gasteiger charge is 2.31. The van der Waals surface area contributed by atoms with E-state index in [2.05, 4.69) is 5.32 Å². The van der Waals surface area contributed by atoms with Crippen LogP contribution in [0, 0.1) is 12.7 Å². The van der Waals surface area contributed by atoms with E-state index in [4.69, 9.17) is 0 Å². The van der Waals surface area contributed by atoms with Crippen molar-refractivity contribution < 1.29 is 18.8 Å². The Hall–Kier alpha value is -3.02. The smallest absolute Gasteiger partial charge is 0.261 e. The minimum Gasteiger partial charge on any atom is -0.324 e. The molecule has 0 aliphatic carbocycles. The van der Waals surface area contributed by atoms with Crippen LogP contribution in [0.1, 0.15) is 21.5 Å². The largest absolute Gasteiger partial charge is 0.324 e. The molecule has 0 unspecified atom stereocenters. The summed E-state index contributed by atoms with van der Waals surface area (Å²) in [6, 6.07) is 10.8. The van der Waals surface area contributed by atoms with Gasteiger partial charge in [-0.15, -0.1) is 0 Å². The number of anilines is 1. The van der Waals surface area contributed by atoms with E-state index in [-0.39, 0.29) is 13.0 Å². The number of imide groups is 1. The van der Waals surface area contributed by atoms with Crippen LogP contribution < -0.4 is 5.32 Å². The van der Waals surface area contributed by atoms with Gasteiger partial charge >= 0.3 is 0 Å². The summed E-state index contributed by atoms with van der Waals surface area (Å²) >= 11 is 0. The summed E-state index contributed by atoms with van der Waals surface area (Å²) in [7, 11) is 0. The fourth-order valence-electron chi connectivity index (χ4n) is 2.66. The van der Waals surface area contributed by atoms with E-state index < -0.39 is 23.5 Å². The standard InChI is InChI=1S/C18H15FN2O3/c1-11-8-13(19)6-7-15(11)20-16(22)10-21-17(23)9-12-4-2-3-5-14(12)18(21)24/h2-8H,9-10H2,1H3,(H,20,22). The van der Waals surface area contributed by atoms with Gasteiger partial charge in [0.25, 0.3) is 5.91 Å². The van der Waals surface area contributed by atoms with Crippen molar-refractivity contribution in [2.24, 2.45) is 0 Å². The predicted octanol–water partition coefficient (Wildman–Crippen LogP) is 2.30. The Kier molecular flexibility index (Phi) is 4.12. The van der Waals surface area contributed by atoms with Crippen molar-refractivity contribution in [1.82, 2.24) is 4.90 Å². The Balaban J connectivity index is 1.75. The molecule has 1 heterocycles. The predicted molar refractivity (Wildman–Crippen MR) is 86.0 cm³/mol. The molecule has 0 atom stereocenters. The summed E-state index contributed by atoms with van der Waals surface area (Å²) in [5.74, 6) is -1.80. The van der Waals surface area contributed by atoms with E-state index in [0.717, 1.165) is 4.90 Å². The van der Waals surface area contributed by atoms with Crippen molar-refractivity contribution in [3.05, 3.63) is 65.0 Å². The molecule has 5 nitrogen and oxygen atoms in total. The number of carbonyl (C=O) groups is 3. The van der Waals surface area contributed by atoms with Crippen LogP contribution in [0.15, 0.2) is 42.5 Å². The lowest BCUT2D eigenvalue weighted by atomic mass is 9.98. The molecular formula is C18H15FN2O3. The average Bonchev–Trinajstić information content (AvgIpc) is 2.54. The molecular weight excluding hydrogens is 311 g/mol. The topological polar surface area (TPSA) is 66.5 Å². The maximum absolute atomic E-state index is 13.1. The van der Waals surface area contributed by atoms with Gasteiger partial charge < -0.3 is 5.32 Å². The van der Waals surface area contributed by atoms with Crippen LogP contribution in [0.5, 0.6) is 0 Å². The SMILES string of the molecule is Cc1cc(F)ccc1NC(=O)CN1C(=O)Cc2ccccc2C1=O. The lowest BCUT2D eigenvalue weighted by Crippen LogP contribution is -2.46. The summed E-state index contributed by atoms with van der Waals surface area (Å²) in [6.45, 7) is 1.29. The molecule has 0 spiro atoms. The number of benzene rings is 2. The molecule has 122 valence electrons. The highest BCUT2D eigenvalue weighted by molar-refractivity contribution is 6.12. The second-order valence-corrected chi connectivity index (χ2v) is 5.63. The first-order valence-electron chi connectivity index (χ1n) is 7.44. The van der Waals surface area contributed by atoms with Crippen molar-refractivity contribution in [3.8, 4) is 0 Å². The third kappa shape index (κ3) is 3.03. The molecule has 1 aliphatic heterocycles. The van der Waals surface area contributed by atoms with Gasteiger partial charge in [-0.25, -0.2) is 4.39 Å². The number of nitrogens with one attached hydrogen (secondary N) is 1. The number of hydrogen-bond acceptors (Lipinski definition) is 3. The van der Waals surface area contributed by atoms with Crippen LogP contribution in [-0.4, -0.2) is 29.2 Å². The maximum atomic E-state index is 13.1. The molecule has 0 saturated carbocycles. The maximum Gasteiger partial charge on any atom is 0.261 e. The number of rotatable bonds is 3. The van der Waals surface area contributed by atoms with Gasteiger partial charge in [0.1, 0.15) is 12.4 Å². The Morgan fingerprint density at radius 1 is 1.21 bits per heavy atom. The van der Waals surface area contributed by atoms with E-state index in [9.17, 15) is 18.8 Å². The van der Waals surface area contributed by atoms with Gasteiger partial charge in [-0.2, -0.15) is 0 Å². The molecule has 0 bridgehead atoms. The molecule has 2 aromatic carbocycles. The third-order valence-electron chi connectivity index (χ3n) is 3.90. The van der Waals surface area contributed by atoms with Crippen molar-refractivity contribution in [2.75, 3.05) is 11.9 Å². The molecule has 6 heteroatoms. The quantitative estimate of drug-likeness (QED) is 0.880. The molecule has 24 heavy (non-hydrogen) atoms. The van der Waals surface area contributed by atoms with Crippen molar-refractivity contribution in [3.63, 3.8) is 0 Å².